The first kappa shape index (κ1) is 11.8. The summed E-state index contributed by atoms with van der Waals surface area (Å²) < 4.78 is 0. The first-order valence-electron chi connectivity index (χ1n) is 4.02. The molecule has 0 unspecified atom stereocenters. The van der Waals surface area contributed by atoms with Crippen LogP contribution in [0, 0.1) is 0 Å². The van der Waals surface area contributed by atoms with Crippen molar-refractivity contribution in [2.45, 2.75) is 0 Å². The quantitative estimate of drug-likeness (QED) is 0.656. The average molecular weight is 244 g/mol. The molecule has 0 spiro atoms. The number of amides is 1. The molecular weight excluding hydrogens is 237 g/mol. The van der Waals surface area contributed by atoms with Crippen molar-refractivity contribution in [3.05, 3.63) is 40.4 Å². The van der Waals surface area contributed by atoms with Crippen molar-refractivity contribution in [3.63, 3.8) is 0 Å². The van der Waals surface area contributed by atoms with Crippen molar-refractivity contribution >= 4 is 41.1 Å². The standard InChI is InChI=1S/C10H7Cl2NO2/c11-7-3-1-4-8(10(7)12)13-9(15)5-2-6-14/h1-6H,(H,13,15)/b5-2+. The van der Waals surface area contributed by atoms with Crippen LogP contribution in [0.25, 0.3) is 0 Å². The molecule has 0 aromatic heterocycles. The lowest BCUT2D eigenvalue weighted by molar-refractivity contribution is -0.112. The molecular formula is C10H7Cl2NO2. The molecule has 0 aliphatic heterocycles. The van der Waals surface area contributed by atoms with E-state index in [0.29, 0.717) is 17.0 Å². The molecule has 1 aromatic rings. The SMILES string of the molecule is O=C/C=C/C(=O)Nc1cccc(Cl)c1Cl. The summed E-state index contributed by atoms with van der Waals surface area (Å²) in [5, 5.41) is 3.11. The van der Waals surface area contributed by atoms with E-state index in [2.05, 4.69) is 5.32 Å². The van der Waals surface area contributed by atoms with Gasteiger partial charge in [-0.2, -0.15) is 0 Å². The first-order valence-corrected chi connectivity index (χ1v) is 4.77. The number of anilines is 1. The lowest BCUT2D eigenvalue weighted by Crippen LogP contribution is -2.08. The molecule has 0 radical (unpaired) electrons. The van der Waals surface area contributed by atoms with Gasteiger partial charge in [0, 0.05) is 6.08 Å². The van der Waals surface area contributed by atoms with Crippen LogP contribution in [-0.4, -0.2) is 12.2 Å². The van der Waals surface area contributed by atoms with Gasteiger partial charge in [-0.25, -0.2) is 0 Å². The monoisotopic (exact) mass is 243 g/mol. The minimum Gasteiger partial charge on any atom is -0.321 e. The Morgan fingerprint density at radius 1 is 1.33 bits per heavy atom. The molecule has 0 aliphatic rings. The molecule has 0 fully saturated rings. The Labute approximate surface area is 96.7 Å². The summed E-state index contributed by atoms with van der Waals surface area (Å²) in [5.41, 5.74) is 0.407. The molecule has 15 heavy (non-hydrogen) atoms. The van der Waals surface area contributed by atoms with Crippen molar-refractivity contribution < 1.29 is 9.59 Å². The zero-order valence-electron chi connectivity index (χ0n) is 7.54. The van der Waals surface area contributed by atoms with Gasteiger partial charge in [-0.15, -0.1) is 0 Å². The van der Waals surface area contributed by atoms with Crippen molar-refractivity contribution in [2.75, 3.05) is 5.32 Å². The normalized spacial score (nSPS) is 10.3. The van der Waals surface area contributed by atoms with E-state index in [1.54, 1.807) is 18.2 Å². The summed E-state index contributed by atoms with van der Waals surface area (Å²) >= 11 is 11.6. The molecule has 1 rings (SSSR count). The molecule has 1 aromatic carbocycles. The third kappa shape index (κ3) is 3.38. The highest BCUT2D eigenvalue weighted by Gasteiger charge is 2.05. The van der Waals surface area contributed by atoms with Crippen molar-refractivity contribution in [1.29, 1.82) is 0 Å². The molecule has 1 N–H and O–H groups in total. The van der Waals surface area contributed by atoms with Crippen LogP contribution >= 0.6 is 23.2 Å². The number of aldehydes is 1. The highest BCUT2D eigenvalue weighted by molar-refractivity contribution is 6.44. The van der Waals surface area contributed by atoms with E-state index in [4.69, 9.17) is 23.2 Å². The zero-order chi connectivity index (χ0) is 11.3. The second-order valence-corrected chi connectivity index (χ2v) is 3.37. The molecule has 5 heteroatoms. The topological polar surface area (TPSA) is 46.2 Å². The fraction of sp³-hybridized carbons (Fsp3) is 0. The predicted octanol–water partition coefficient (Wildman–Crippen LogP) is 2.69. The number of benzene rings is 1. The highest BCUT2D eigenvalue weighted by Crippen LogP contribution is 2.29. The molecule has 78 valence electrons. The molecule has 0 saturated carbocycles. The second-order valence-electron chi connectivity index (χ2n) is 2.59. The number of halogens is 2. The number of carbonyl (C=O) groups excluding carboxylic acids is 2. The molecule has 1 amide bonds. The van der Waals surface area contributed by atoms with E-state index in [1.807, 2.05) is 0 Å². The van der Waals surface area contributed by atoms with Gasteiger partial charge in [0.1, 0.15) is 6.29 Å². The maximum absolute atomic E-state index is 11.2. The van der Waals surface area contributed by atoms with Crippen molar-refractivity contribution in [1.82, 2.24) is 0 Å². The van der Waals surface area contributed by atoms with Gasteiger partial charge in [0.05, 0.1) is 15.7 Å². The Morgan fingerprint density at radius 2 is 2.07 bits per heavy atom. The highest BCUT2D eigenvalue weighted by atomic mass is 35.5. The van der Waals surface area contributed by atoms with E-state index < -0.39 is 5.91 Å². The van der Waals surface area contributed by atoms with Gasteiger partial charge in [0.25, 0.3) is 0 Å². The summed E-state index contributed by atoms with van der Waals surface area (Å²) in [4.78, 5) is 21.1. The number of nitrogens with one attached hydrogen (secondary N) is 1. The van der Waals surface area contributed by atoms with Gasteiger partial charge in [0.15, 0.2) is 0 Å². The summed E-state index contributed by atoms with van der Waals surface area (Å²) in [6.07, 6.45) is 2.71. The average Bonchev–Trinajstić information content (AvgIpc) is 2.22. The van der Waals surface area contributed by atoms with E-state index >= 15 is 0 Å². The van der Waals surface area contributed by atoms with Crippen LogP contribution in [0.5, 0.6) is 0 Å². The van der Waals surface area contributed by atoms with E-state index in [0.717, 1.165) is 12.2 Å². The smallest absolute Gasteiger partial charge is 0.248 e. The van der Waals surface area contributed by atoms with Crippen LogP contribution < -0.4 is 5.32 Å². The number of rotatable bonds is 3. The largest absolute Gasteiger partial charge is 0.321 e. The van der Waals surface area contributed by atoms with Gasteiger partial charge in [0.2, 0.25) is 5.91 Å². The van der Waals surface area contributed by atoms with Crippen LogP contribution in [0.2, 0.25) is 10.0 Å². The van der Waals surface area contributed by atoms with Gasteiger partial charge in [-0.05, 0) is 18.2 Å². The number of carbonyl (C=O) groups is 2. The minimum absolute atomic E-state index is 0.270. The van der Waals surface area contributed by atoms with Crippen LogP contribution in [-0.2, 0) is 9.59 Å². The lowest BCUT2D eigenvalue weighted by atomic mass is 10.3. The first-order chi connectivity index (χ1) is 7.15. The number of hydrogen-bond donors (Lipinski definition) is 1. The number of allylic oxidation sites excluding steroid dienone is 1. The Kier molecular flexibility index (Phi) is 4.34. The minimum atomic E-state index is -0.439. The van der Waals surface area contributed by atoms with Gasteiger partial charge in [-0.3, -0.25) is 9.59 Å². The Morgan fingerprint density at radius 3 is 2.73 bits per heavy atom. The van der Waals surface area contributed by atoms with Crippen molar-refractivity contribution in [2.24, 2.45) is 0 Å². The third-order valence-electron chi connectivity index (χ3n) is 1.54. The second kappa shape index (κ2) is 5.53. The van der Waals surface area contributed by atoms with Gasteiger partial charge < -0.3 is 5.32 Å². The fourth-order valence-corrected chi connectivity index (χ4v) is 1.25. The van der Waals surface area contributed by atoms with Crippen LogP contribution in [0.1, 0.15) is 0 Å². The molecule has 0 heterocycles. The molecule has 0 atom stereocenters. The van der Waals surface area contributed by atoms with Gasteiger partial charge in [-0.1, -0.05) is 29.3 Å². The maximum Gasteiger partial charge on any atom is 0.248 e. The molecule has 0 aliphatic carbocycles. The predicted molar refractivity (Wildman–Crippen MR) is 60.3 cm³/mol. The molecule has 0 bridgehead atoms. The lowest BCUT2D eigenvalue weighted by Gasteiger charge is -2.05. The van der Waals surface area contributed by atoms with Crippen LogP contribution in [0.15, 0.2) is 30.4 Å². The number of hydrogen-bond acceptors (Lipinski definition) is 2. The van der Waals surface area contributed by atoms with E-state index in [9.17, 15) is 9.59 Å². The van der Waals surface area contributed by atoms with Crippen molar-refractivity contribution in [3.8, 4) is 0 Å². The molecule has 3 nitrogen and oxygen atoms in total. The van der Waals surface area contributed by atoms with E-state index in [-0.39, 0.29) is 5.02 Å². The third-order valence-corrected chi connectivity index (χ3v) is 2.35. The summed E-state index contributed by atoms with van der Waals surface area (Å²) in [7, 11) is 0. The summed E-state index contributed by atoms with van der Waals surface area (Å²) in [6.45, 7) is 0. The van der Waals surface area contributed by atoms with Gasteiger partial charge >= 0.3 is 0 Å². The zero-order valence-corrected chi connectivity index (χ0v) is 9.05. The van der Waals surface area contributed by atoms with Crippen LogP contribution in [0.4, 0.5) is 5.69 Å². The Hall–Kier alpha value is -1.32. The fourth-order valence-electron chi connectivity index (χ4n) is 0.901. The summed E-state index contributed by atoms with van der Waals surface area (Å²) in [5.74, 6) is -0.439. The Bertz CT molecular complexity index is 416. The Balaban J connectivity index is 2.81. The van der Waals surface area contributed by atoms with Crippen LogP contribution in [0.3, 0.4) is 0 Å². The molecule has 0 saturated heterocycles. The maximum atomic E-state index is 11.2. The summed E-state index contributed by atoms with van der Waals surface area (Å²) in [6, 6.07) is 4.88. The van der Waals surface area contributed by atoms with E-state index in [1.165, 1.54) is 0 Å².